The highest BCUT2D eigenvalue weighted by molar-refractivity contribution is 6.00. The fourth-order valence-corrected chi connectivity index (χ4v) is 3.61. The highest BCUT2D eigenvalue weighted by Crippen LogP contribution is 2.26. The summed E-state index contributed by atoms with van der Waals surface area (Å²) in [6.07, 6.45) is 7.63. The first-order valence-electron chi connectivity index (χ1n) is 10.1. The van der Waals surface area contributed by atoms with Gasteiger partial charge in [-0.3, -0.25) is 19.7 Å². The van der Waals surface area contributed by atoms with Crippen molar-refractivity contribution < 1.29 is 19.2 Å². The van der Waals surface area contributed by atoms with Crippen molar-refractivity contribution in [1.82, 2.24) is 4.90 Å². The quantitative estimate of drug-likeness (QED) is 0.253. The normalized spacial score (nSPS) is 14.5. The van der Waals surface area contributed by atoms with Gasteiger partial charge in [0.15, 0.2) is 5.78 Å². The Balaban J connectivity index is 1.86. The number of carbonyl (C=O) groups excluding carboxylic acids is 2. The molecule has 2 rings (SSSR count). The first-order chi connectivity index (χ1) is 13.4. The van der Waals surface area contributed by atoms with Crippen molar-refractivity contribution >= 4 is 17.4 Å². The first kappa shape index (κ1) is 21.9. The highest BCUT2D eigenvalue weighted by atomic mass is 16.6. The second-order valence-corrected chi connectivity index (χ2v) is 7.36. The molecular formula is C21H30N2O5. The minimum absolute atomic E-state index is 0.0810. The number of nitro benzene ring substituents is 1. The van der Waals surface area contributed by atoms with E-state index in [1.807, 2.05) is 18.9 Å². The Kier molecular flexibility index (Phi) is 8.42. The topological polar surface area (TPSA) is 89.8 Å². The molecule has 1 aliphatic rings. The number of nitrogens with zero attached hydrogens (tertiary/aromatic N) is 2. The van der Waals surface area contributed by atoms with Gasteiger partial charge in [0.1, 0.15) is 5.75 Å². The van der Waals surface area contributed by atoms with Gasteiger partial charge in [-0.05, 0) is 37.8 Å². The fraction of sp³-hybridized carbons (Fsp3) is 0.619. The third kappa shape index (κ3) is 6.04. The van der Waals surface area contributed by atoms with Crippen LogP contribution in [0.3, 0.4) is 0 Å². The summed E-state index contributed by atoms with van der Waals surface area (Å²) >= 11 is 0. The standard InChI is InChI=1S/C21H30N2O5/c1-3-8-20(24)18-15-17(12-13-19(18)23(26)27)28-14-7-11-21(25)22(2)16-9-5-4-6-10-16/h12-13,15-16H,3-11,14H2,1-2H3. The van der Waals surface area contributed by atoms with Gasteiger partial charge >= 0.3 is 0 Å². The number of ketones is 1. The number of amides is 1. The van der Waals surface area contributed by atoms with E-state index in [-0.39, 0.29) is 29.4 Å². The summed E-state index contributed by atoms with van der Waals surface area (Å²) in [6.45, 7) is 2.18. The molecule has 7 heteroatoms. The minimum Gasteiger partial charge on any atom is -0.494 e. The lowest BCUT2D eigenvalue weighted by Gasteiger charge is -2.31. The Bertz CT molecular complexity index is 698. The molecule has 0 saturated heterocycles. The summed E-state index contributed by atoms with van der Waals surface area (Å²) in [4.78, 5) is 37.0. The summed E-state index contributed by atoms with van der Waals surface area (Å²) in [5.74, 6) is 0.278. The van der Waals surface area contributed by atoms with Gasteiger partial charge in [0.05, 0.1) is 17.1 Å². The van der Waals surface area contributed by atoms with Crippen LogP contribution in [-0.4, -0.2) is 41.2 Å². The van der Waals surface area contributed by atoms with Crippen LogP contribution in [0, 0.1) is 10.1 Å². The van der Waals surface area contributed by atoms with E-state index in [0.717, 1.165) is 12.8 Å². The zero-order valence-corrected chi connectivity index (χ0v) is 16.8. The van der Waals surface area contributed by atoms with Gasteiger partial charge < -0.3 is 9.64 Å². The molecule has 1 fully saturated rings. The molecule has 1 aliphatic carbocycles. The SMILES string of the molecule is CCCC(=O)c1cc(OCCCC(=O)N(C)C2CCCCC2)ccc1[N+](=O)[O-]. The number of carbonyl (C=O) groups is 2. The molecule has 1 saturated carbocycles. The lowest BCUT2D eigenvalue weighted by molar-refractivity contribution is -0.385. The largest absolute Gasteiger partial charge is 0.494 e. The van der Waals surface area contributed by atoms with Crippen molar-refractivity contribution in [2.75, 3.05) is 13.7 Å². The maximum absolute atomic E-state index is 12.3. The minimum atomic E-state index is -0.549. The number of hydrogen-bond acceptors (Lipinski definition) is 5. The van der Waals surface area contributed by atoms with E-state index in [2.05, 4.69) is 0 Å². The van der Waals surface area contributed by atoms with E-state index in [1.165, 1.54) is 37.5 Å². The van der Waals surface area contributed by atoms with E-state index >= 15 is 0 Å². The molecule has 0 N–H and O–H groups in total. The van der Waals surface area contributed by atoms with Gasteiger partial charge in [-0.1, -0.05) is 26.2 Å². The van der Waals surface area contributed by atoms with Gasteiger partial charge in [-0.15, -0.1) is 0 Å². The second-order valence-electron chi connectivity index (χ2n) is 7.36. The van der Waals surface area contributed by atoms with Crippen LogP contribution < -0.4 is 4.74 Å². The molecule has 28 heavy (non-hydrogen) atoms. The molecule has 0 unspecified atom stereocenters. The van der Waals surface area contributed by atoms with Crippen molar-refractivity contribution in [2.45, 2.75) is 70.8 Å². The molecule has 0 atom stereocenters. The van der Waals surface area contributed by atoms with Crippen LogP contribution in [0.5, 0.6) is 5.75 Å². The second kappa shape index (κ2) is 10.8. The molecule has 0 aliphatic heterocycles. The summed E-state index contributed by atoms with van der Waals surface area (Å²) in [5, 5.41) is 11.1. The van der Waals surface area contributed by atoms with Crippen LogP contribution in [0.15, 0.2) is 18.2 Å². The third-order valence-electron chi connectivity index (χ3n) is 5.26. The number of rotatable bonds is 10. The molecule has 0 bridgehead atoms. The van der Waals surface area contributed by atoms with Gasteiger partial charge in [0, 0.05) is 32.0 Å². The van der Waals surface area contributed by atoms with Crippen LogP contribution in [-0.2, 0) is 4.79 Å². The molecule has 1 amide bonds. The highest BCUT2D eigenvalue weighted by Gasteiger charge is 2.22. The third-order valence-corrected chi connectivity index (χ3v) is 5.26. The first-order valence-corrected chi connectivity index (χ1v) is 10.1. The van der Waals surface area contributed by atoms with Crippen molar-refractivity contribution in [3.05, 3.63) is 33.9 Å². The molecule has 1 aromatic carbocycles. The number of Topliss-reactive ketones (excluding diaryl/α,β-unsaturated/α-hetero) is 1. The zero-order chi connectivity index (χ0) is 20.5. The lowest BCUT2D eigenvalue weighted by Crippen LogP contribution is -2.38. The van der Waals surface area contributed by atoms with Gasteiger partial charge in [0.25, 0.3) is 5.69 Å². The van der Waals surface area contributed by atoms with Crippen LogP contribution in [0.1, 0.15) is 75.1 Å². The Morgan fingerprint density at radius 3 is 2.57 bits per heavy atom. The van der Waals surface area contributed by atoms with Crippen LogP contribution >= 0.6 is 0 Å². The van der Waals surface area contributed by atoms with Crippen LogP contribution in [0.4, 0.5) is 5.69 Å². The number of ether oxygens (including phenoxy) is 1. The fourth-order valence-electron chi connectivity index (χ4n) is 3.61. The predicted octanol–water partition coefficient (Wildman–Crippen LogP) is 4.53. The number of benzene rings is 1. The zero-order valence-electron chi connectivity index (χ0n) is 16.8. The van der Waals surface area contributed by atoms with Crippen molar-refractivity contribution in [1.29, 1.82) is 0 Å². The maximum atomic E-state index is 12.3. The molecule has 0 spiro atoms. The van der Waals surface area contributed by atoms with E-state index in [9.17, 15) is 19.7 Å². The van der Waals surface area contributed by atoms with E-state index in [4.69, 9.17) is 4.74 Å². The number of nitro groups is 1. The van der Waals surface area contributed by atoms with Crippen molar-refractivity contribution in [3.8, 4) is 5.75 Å². The molecular weight excluding hydrogens is 360 g/mol. The van der Waals surface area contributed by atoms with Gasteiger partial charge in [0.2, 0.25) is 5.91 Å². The van der Waals surface area contributed by atoms with Crippen LogP contribution in [0.2, 0.25) is 0 Å². The summed E-state index contributed by atoms with van der Waals surface area (Å²) in [5.41, 5.74) is -0.118. The molecule has 7 nitrogen and oxygen atoms in total. The Morgan fingerprint density at radius 1 is 1.21 bits per heavy atom. The number of hydrogen-bond donors (Lipinski definition) is 0. The summed E-state index contributed by atoms with van der Waals surface area (Å²) < 4.78 is 5.64. The maximum Gasteiger partial charge on any atom is 0.280 e. The smallest absolute Gasteiger partial charge is 0.280 e. The van der Waals surface area contributed by atoms with Gasteiger partial charge in [-0.2, -0.15) is 0 Å². The Hall–Kier alpha value is -2.44. The van der Waals surface area contributed by atoms with Crippen molar-refractivity contribution in [2.24, 2.45) is 0 Å². The van der Waals surface area contributed by atoms with Gasteiger partial charge in [-0.25, -0.2) is 0 Å². The van der Waals surface area contributed by atoms with Crippen LogP contribution in [0.25, 0.3) is 0 Å². The monoisotopic (exact) mass is 390 g/mol. The molecule has 154 valence electrons. The average Bonchev–Trinajstić information content (AvgIpc) is 2.71. The molecule has 0 radical (unpaired) electrons. The van der Waals surface area contributed by atoms with E-state index in [1.54, 1.807) is 0 Å². The summed E-state index contributed by atoms with van der Waals surface area (Å²) in [7, 11) is 1.88. The summed E-state index contributed by atoms with van der Waals surface area (Å²) in [6, 6.07) is 4.59. The predicted molar refractivity (Wildman–Crippen MR) is 107 cm³/mol. The Morgan fingerprint density at radius 2 is 1.93 bits per heavy atom. The van der Waals surface area contributed by atoms with Crippen molar-refractivity contribution in [3.63, 3.8) is 0 Å². The van der Waals surface area contributed by atoms with E-state index < -0.39 is 4.92 Å². The lowest BCUT2D eigenvalue weighted by atomic mass is 9.94. The molecule has 0 aromatic heterocycles. The Labute approximate surface area is 166 Å². The average molecular weight is 390 g/mol. The molecule has 1 aromatic rings. The van der Waals surface area contributed by atoms with E-state index in [0.29, 0.717) is 37.7 Å². The molecule has 0 heterocycles.